The fourth-order valence-electron chi connectivity index (χ4n) is 3.58. The third-order valence-corrected chi connectivity index (χ3v) is 4.80. The molecule has 120 valence electrons. The van der Waals surface area contributed by atoms with Crippen molar-refractivity contribution >= 4 is 17.2 Å². The molecule has 5 heteroatoms. The molecule has 23 heavy (non-hydrogen) atoms. The van der Waals surface area contributed by atoms with Crippen LogP contribution in [0, 0.1) is 0 Å². The van der Waals surface area contributed by atoms with E-state index in [1.54, 1.807) is 6.33 Å². The highest BCUT2D eigenvalue weighted by atomic mass is 16.5. The highest BCUT2D eigenvalue weighted by Crippen LogP contribution is 2.38. The summed E-state index contributed by atoms with van der Waals surface area (Å²) in [6.07, 6.45) is 8.73. The Balaban J connectivity index is 1.62. The quantitative estimate of drug-likeness (QED) is 0.940. The standard InChI is InChI=1S/C18H22N4O/c19-16-17(22-11-10-13-6-4-5-9-15(13)22)20-12-21-18(16)23-14-7-2-1-3-8-14/h4-6,9,12,14H,1-3,7-8,10-11,19H2. The fraction of sp³-hybridized carbons (Fsp3) is 0.444. The molecule has 2 aliphatic rings. The Kier molecular flexibility index (Phi) is 3.77. The molecule has 1 saturated carbocycles. The molecule has 4 rings (SSSR count). The molecule has 1 aliphatic heterocycles. The van der Waals surface area contributed by atoms with Gasteiger partial charge in [-0.15, -0.1) is 0 Å². The molecule has 0 radical (unpaired) electrons. The third-order valence-electron chi connectivity index (χ3n) is 4.80. The number of hydrogen-bond acceptors (Lipinski definition) is 5. The van der Waals surface area contributed by atoms with E-state index in [0.717, 1.165) is 31.6 Å². The molecule has 5 nitrogen and oxygen atoms in total. The summed E-state index contributed by atoms with van der Waals surface area (Å²) in [5, 5.41) is 0. The smallest absolute Gasteiger partial charge is 0.242 e. The van der Waals surface area contributed by atoms with E-state index < -0.39 is 0 Å². The van der Waals surface area contributed by atoms with Crippen LogP contribution in [0.1, 0.15) is 37.7 Å². The van der Waals surface area contributed by atoms with Gasteiger partial charge < -0.3 is 15.4 Å². The maximum Gasteiger partial charge on any atom is 0.242 e. The number of hydrogen-bond donors (Lipinski definition) is 1. The van der Waals surface area contributed by atoms with Crippen molar-refractivity contribution in [1.82, 2.24) is 9.97 Å². The van der Waals surface area contributed by atoms with E-state index in [1.807, 2.05) is 6.07 Å². The number of nitrogens with zero attached hydrogens (tertiary/aromatic N) is 3. The van der Waals surface area contributed by atoms with Crippen LogP contribution in [-0.4, -0.2) is 22.6 Å². The van der Waals surface area contributed by atoms with Crippen molar-refractivity contribution in [3.05, 3.63) is 36.2 Å². The molecule has 0 spiro atoms. The molecule has 0 saturated heterocycles. The maximum absolute atomic E-state index is 6.35. The molecule has 1 aromatic carbocycles. The number of anilines is 3. The number of fused-ring (bicyclic) bond motifs is 1. The van der Waals surface area contributed by atoms with E-state index in [-0.39, 0.29) is 6.10 Å². The summed E-state index contributed by atoms with van der Waals surface area (Å²) >= 11 is 0. The number of benzene rings is 1. The normalized spacial score (nSPS) is 18.0. The number of nitrogen functional groups attached to an aromatic ring is 1. The highest BCUT2D eigenvalue weighted by molar-refractivity contribution is 5.77. The van der Waals surface area contributed by atoms with E-state index in [1.165, 1.54) is 30.5 Å². The molecule has 1 aliphatic carbocycles. The first-order valence-electron chi connectivity index (χ1n) is 8.45. The van der Waals surface area contributed by atoms with Crippen LogP contribution in [0.25, 0.3) is 0 Å². The van der Waals surface area contributed by atoms with Crippen LogP contribution in [0.2, 0.25) is 0 Å². The summed E-state index contributed by atoms with van der Waals surface area (Å²) in [5.74, 6) is 1.29. The van der Waals surface area contributed by atoms with Crippen molar-refractivity contribution in [2.45, 2.75) is 44.6 Å². The van der Waals surface area contributed by atoms with Gasteiger partial charge >= 0.3 is 0 Å². The summed E-state index contributed by atoms with van der Waals surface area (Å²) in [6.45, 7) is 0.892. The second kappa shape index (κ2) is 6.07. The van der Waals surface area contributed by atoms with E-state index in [9.17, 15) is 0 Å². The first-order chi connectivity index (χ1) is 11.3. The van der Waals surface area contributed by atoms with Gasteiger partial charge in [0.05, 0.1) is 0 Å². The minimum absolute atomic E-state index is 0.236. The number of ether oxygens (including phenoxy) is 1. The number of para-hydroxylation sites is 1. The Morgan fingerprint density at radius 2 is 1.91 bits per heavy atom. The lowest BCUT2D eigenvalue weighted by molar-refractivity contribution is 0.149. The number of rotatable bonds is 3. The molecule has 2 N–H and O–H groups in total. The highest BCUT2D eigenvalue weighted by Gasteiger charge is 2.25. The summed E-state index contributed by atoms with van der Waals surface area (Å²) in [6, 6.07) is 8.40. The van der Waals surface area contributed by atoms with Crippen LogP contribution in [0.5, 0.6) is 5.88 Å². The molecule has 0 amide bonds. The molecule has 0 bridgehead atoms. The van der Waals surface area contributed by atoms with Crippen molar-refractivity contribution in [3.8, 4) is 5.88 Å². The van der Waals surface area contributed by atoms with Gasteiger partial charge in [0.25, 0.3) is 0 Å². The zero-order valence-electron chi connectivity index (χ0n) is 13.2. The largest absolute Gasteiger partial charge is 0.473 e. The van der Waals surface area contributed by atoms with Crippen LogP contribution in [0.15, 0.2) is 30.6 Å². The number of aromatic nitrogens is 2. The van der Waals surface area contributed by atoms with Gasteiger partial charge in [-0.2, -0.15) is 4.98 Å². The molecule has 2 heterocycles. The zero-order chi connectivity index (χ0) is 15.6. The molecule has 2 aromatic rings. The van der Waals surface area contributed by atoms with Crippen molar-refractivity contribution in [2.75, 3.05) is 17.2 Å². The summed E-state index contributed by atoms with van der Waals surface area (Å²) in [7, 11) is 0. The zero-order valence-corrected chi connectivity index (χ0v) is 13.2. The molecule has 0 atom stereocenters. The molecule has 1 fully saturated rings. The Morgan fingerprint density at radius 1 is 1.09 bits per heavy atom. The van der Waals surface area contributed by atoms with Crippen molar-refractivity contribution in [3.63, 3.8) is 0 Å². The lowest BCUT2D eigenvalue weighted by Gasteiger charge is -2.25. The molecule has 1 aromatic heterocycles. The first kappa shape index (κ1) is 14.3. The summed E-state index contributed by atoms with van der Waals surface area (Å²) in [4.78, 5) is 10.9. The van der Waals surface area contributed by atoms with Gasteiger partial charge in [-0.1, -0.05) is 24.6 Å². The average molecular weight is 310 g/mol. The molecular formula is C18H22N4O. The van der Waals surface area contributed by atoms with Crippen molar-refractivity contribution in [2.24, 2.45) is 0 Å². The van der Waals surface area contributed by atoms with E-state index in [4.69, 9.17) is 10.5 Å². The monoisotopic (exact) mass is 310 g/mol. The summed E-state index contributed by atoms with van der Waals surface area (Å²) in [5.41, 5.74) is 9.41. The third kappa shape index (κ3) is 2.71. The maximum atomic E-state index is 6.35. The Hall–Kier alpha value is -2.30. The lowest BCUT2D eigenvalue weighted by Crippen LogP contribution is -2.22. The van der Waals surface area contributed by atoms with Crippen molar-refractivity contribution < 1.29 is 4.74 Å². The Bertz CT molecular complexity index is 697. The minimum atomic E-state index is 0.236. The first-order valence-corrected chi connectivity index (χ1v) is 8.45. The SMILES string of the molecule is Nc1c(OC2CCCCC2)ncnc1N1CCc2ccccc21. The fourth-order valence-corrected chi connectivity index (χ4v) is 3.58. The van der Waals surface area contributed by atoms with Crippen LogP contribution in [0.3, 0.4) is 0 Å². The van der Waals surface area contributed by atoms with Crippen LogP contribution >= 0.6 is 0 Å². The van der Waals surface area contributed by atoms with Crippen LogP contribution < -0.4 is 15.4 Å². The minimum Gasteiger partial charge on any atom is -0.473 e. The second-order valence-electron chi connectivity index (χ2n) is 6.32. The Morgan fingerprint density at radius 3 is 2.78 bits per heavy atom. The predicted octanol–water partition coefficient (Wildman–Crippen LogP) is 3.46. The van der Waals surface area contributed by atoms with Gasteiger partial charge in [-0.05, 0) is 43.7 Å². The average Bonchev–Trinajstić information content (AvgIpc) is 3.02. The molecule has 0 unspecified atom stereocenters. The lowest BCUT2D eigenvalue weighted by atomic mass is 9.98. The van der Waals surface area contributed by atoms with Crippen molar-refractivity contribution in [1.29, 1.82) is 0 Å². The van der Waals surface area contributed by atoms with Gasteiger partial charge in [0.15, 0.2) is 5.82 Å². The van der Waals surface area contributed by atoms with Gasteiger partial charge in [0.2, 0.25) is 5.88 Å². The van der Waals surface area contributed by atoms with Gasteiger partial charge in [-0.3, -0.25) is 0 Å². The van der Waals surface area contributed by atoms with E-state index in [0.29, 0.717) is 11.6 Å². The summed E-state index contributed by atoms with van der Waals surface area (Å²) < 4.78 is 6.07. The topological polar surface area (TPSA) is 64.3 Å². The van der Waals surface area contributed by atoms with Crippen LogP contribution in [-0.2, 0) is 6.42 Å². The van der Waals surface area contributed by atoms with Gasteiger partial charge in [0.1, 0.15) is 18.1 Å². The molecular weight excluding hydrogens is 288 g/mol. The van der Waals surface area contributed by atoms with E-state index in [2.05, 4.69) is 33.1 Å². The second-order valence-corrected chi connectivity index (χ2v) is 6.32. The van der Waals surface area contributed by atoms with Gasteiger partial charge in [-0.25, -0.2) is 4.98 Å². The Labute approximate surface area is 136 Å². The predicted molar refractivity (Wildman–Crippen MR) is 91.1 cm³/mol. The van der Waals surface area contributed by atoms with Gasteiger partial charge in [0, 0.05) is 12.2 Å². The van der Waals surface area contributed by atoms with Crippen LogP contribution in [0.4, 0.5) is 17.2 Å². The van der Waals surface area contributed by atoms with E-state index >= 15 is 0 Å². The number of nitrogens with two attached hydrogens (primary N) is 1.